The summed E-state index contributed by atoms with van der Waals surface area (Å²) in [5.41, 5.74) is 1.16. The van der Waals surface area contributed by atoms with E-state index in [2.05, 4.69) is 32.3 Å². The molecule has 0 bridgehead atoms. The van der Waals surface area contributed by atoms with Gasteiger partial charge in [-0.15, -0.1) is 0 Å². The highest BCUT2D eigenvalue weighted by atomic mass is 15.2. The van der Waals surface area contributed by atoms with Crippen molar-refractivity contribution in [3.8, 4) is 0 Å². The lowest BCUT2D eigenvalue weighted by Gasteiger charge is -2.16. The second-order valence-electron chi connectivity index (χ2n) is 4.12. The Labute approximate surface area is 108 Å². The van der Waals surface area contributed by atoms with Gasteiger partial charge in [0, 0.05) is 38.2 Å². The molecule has 2 aromatic rings. The van der Waals surface area contributed by atoms with Crippen LogP contribution in [0.3, 0.4) is 0 Å². The fourth-order valence-electron chi connectivity index (χ4n) is 1.69. The number of hydrogen-bond acceptors (Lipinski definition) is 4. The number of benzene rings is 1. The molecule has 94 valence electrons. The van der Waals surface area contributed by atoms with E-state index in [-0.39, 0.29) is 0 Å². The summed E-state index contributed by atoms with van der Waals surface area (Å²) >= 11 is 0. The van der Waals surface area contributed by atoms with E-state index < -0.39 is 0 Å². The van der Waals surface area contributed by atoms with Crippen LogP contribution in [-0.2, 0) is 0 Å². The van der Waals surface area contributed by atoms with Gasteiger partial charge in [0.2, 0.25) is 5.95 Å². The molecule has 0 aliphatic rings. The molecule has 18 heavy (non-hydrogen) atoms. The summed E-state index contributed by atoms with van der Waals surface area (Å²) in [5.74, 6) is 0.775. The predicted molar refractivity (Wildman–Crippen MR) is 74.9 cm³/mol. The van der Waals surface area contributed by atoms with E-state index in [1.165, 1.54) is 0 Å². The van der Waals surface area contributed by atoms with Gasteiger partial charge in [-0.25, -0.2) is 9.97 Å². The predicted octanol–water partition coefficient (Wildman–Crippen LogP) is 2.42. The molecule has 0 saturated carbocycles. The van der Waals surface area contributed by atoms with Gasteiger partial charge in [-0.3, -0.25) is 0 Å². The molecule has 4 heteroatoms. The minimum Gasteiger partial charge on any atom is -0.385 e. The third kappa shape index (κ3) is 3.73. The van der Waals surface area contributed by atoms with E-state index in [9.17, 15) is 0 Å². The Hall–Kier alpha value is -2.10. The lowest BCUT2D eigenvalue weighted by Crippen LogP contribution is -2.22. The van der Waals surface area contributed by atoms with Gasteiger partial charge in [-0.1, -0.05) is 18.2 Å². The fraction of sp³-hybridized carbons (Fsp3) is 0.286. The molecule has 0 atom stereocenters. The zero-order valence-electron chi connectivity index (χ0n) is 10.6. The van der Waals surface area contributed by atoms with Crippen LogP contribution >= 0.6 is 0 Å². The molecule has 0 saturated heterocycles. The molecule has 2 rings (SSSR count). The Morgan fingerprint density at radius 2 is 1.78 bits per heavy atom. The lowest BCUT2D eigenvalue weighted by molar-refractivity contribution is 0.791. The Morgan fingerprint density at radius 3 is 2.50 bits per heavy atom. The van der Waals surface area contributed by atoms with Crippen LogP contribution in [0.5, 0.6) is 0 Å². The summed E-state index contributed by atoms with van der Waals surface area (Å²) in [6.45, 7) is 1.88. The van der Waals surface area contributed by atoms with Gasteiger partial charge in [0.05, 0.1) is 0 Å². The van der Waals surface area contributed by atoms with Crippen molar-refractivity contribution in [3.63, 3.8) is 0 Å². The maximum absolute atomic E-state index is 4.21. The average Bonchev–Trinajstić information content (AvgIpc) is 2.45. The van der Waals surface area contributed by atoms with Crippen LogP contribution in [-0.4, -0.2) is 30.1 Å². The molecule has 4 nitrogen and oxygen atoms in total. The van der Waals surface area contributed by atoms with Gasteiger partial charge < -0.3 is 10.2 Å². The highest BCUT2D eigenvalue weighted by molar-refractivity contribution is 5.42. The lowest BCUT2D eigenvalue weighted by atomic mass is 10.3. The van der Waals surface area contributed by atoms with Crippen LogP contribution in [0.2, 0.25) is 0 Å². The van der Waals surface area contributed by atoms with E-state index in [0.717, 1.165) is 31.1 Å². The van der Waals surface area contributed by atoms with Crippen LogP contribution < -0.4 is 10.2 Å². The summed E-state index contributed by atoms with van der Waals surface area (Å²) in [6.07, 6.45) is 4.58. The van der Waals surface area contributed by atoms with Crippen LogP contribution in [0.15, 0.2) is 48.8 Å². The first-order valence-electron chi connectivity index (χ1n) is 6.13. The van der Waals surface area contributed by atoms with Gasteiger partial charge in [0.25, 0.3) is 0 Å². The number of para-hydroxylation sites is 1. The zero-order valence-corrected chi connectivity index (χ0v) is 10.6. The molecule has 0 unspecified atom stereocenters. The Kier molecular flexibility index (Phi) is 4.53. The van der Waals surface area contributed by atoms with Crippen LogP contribution in [0.25, 0.3) is 0 Å². The molecule has 0 radical (unpaired) electrons. The van der Waals surface area contributed by atoms with Crippen molar-refractivity contribution in [2.75, 3.05) is 30.4 Å². The summed E-state index contributed by atoms with van der Waals surface area (Å²) < 4.78 is 0. The molecule has 1 aromatic carbocycles. The molecule has 0 aliphatic carbocycles. The van der Waals surface area contributed by atoms with Crippen LogP contribution in [0.4, 0.5) is 11.6 Å². The summed E-state index contributed by atoms with van der Waals surface area (Å²) in [5, 5.41) is 3.38. The van der Waals surface area contributed by atoms with E-state index in [4.69, 9.17) is 0 Å². The van der Waals surface area contributed by atoms with Gasteiger partial charge in [0.15, 0.2) is 0 Å². The second kappa shape index (κ2) is 6.59. The number of anilines is 2. The molecule has 1 aromatic heterocycles. The van der Waals surface area contributed by atoms with Crippen molar-refractivity contribution in [2.24, 2.45) is 0 Å². The molecular formula is C14H18N4. The molecule has 0 spiro atoms. The second-order valence-corrected chi connectivity index (χ2v) is 4.12. The molecule has 0 fully saturated rings. The van der Waals surface area contributed by atoms with Crippen molar-refractivity contribution in [1.82, 2.24) is 9.97 Å². The van der Waals surface area contributed by atoms with Gasteiger partial charge in [0.1, 0.15) is 0 Å². The molecule has 0 aliphatic heterocycles. The molecular weight excluding hydrogens is 224 g/mol. The smallest absolute Gasteiger partial charge is 0.224 e. The van der Waals surface area contributed by atoms with Crippen molar-refractivity contribution in [3.05, 3.63) is 48.8 Å². The monoisotopic (exact) mass is 242 g/mol. The van der Waals surface area contributed by atoms with E-state index >= 15 is 0 Å². The highest BCUT2D eigenvalue weighted by Crippen LogP contribution is 2.06. The summed E-state index contributed by atoms with van der Waals surface area (Å²) in [7, 11) is 2.01. The molecule has 0 amide bonds. The maximum atomic E-state index is 4.21. The topological polar surface area (TPSA) is 41.0 Å². The minimum atomic E-state index is 0.775. The SMILES string of the molecule is CN(CCCNc1ccccc1)c1ncccn1. The third-order valence-corrected chi connectivity index (χ3v) is 2.67. The van der Waals surface area contributed by atoms with Crippen LogP contribution in [0, 0.1) is 0 Å². The van der Waals surface area contributed by atoms with E-state index in [1.807, 2.05) is 31.3 Å². The standard InChI is InChI=1S/C14H18N4/c1-18(14-16-9-5-10-17-14)12-6-11-15-13-7-3-2-4-8-13/h2-5,7-10,15H,6,11-12H2,1H3. The third-order valence-electron chi connectivity index (χ3n) is 2.67. The van der Waals surface area contributed by atoms with Crippen molar-refractivity contribution in [2.45, 2.75) is 6.42 Å². The average molecular weight is 242 g/mol. The quantitative estimate of drug-likeness (QED) is 0.790. The number of hydrogen-bond donors (Lipinski definition) is 1. The Balaban J connectivity index is 1.70. The largest absolute Gasteiger partial charge is 0.385 e. The van der Waals surface area contributed by atoms with Crippen LogP contribution in [0.1, 0.15) is 6.42 Å². The van der Waals surface area contributed by atoms with Crippen molar-refractivity contribution >= 4 is 11.6 Å². The number of aromatic nitrogens is 2. The minimum absolute atomic E-state index is 0.775. The zero-order chi connectivity index (χ0) is 12.6. The van der Waals surface area contributed by atoms with Gasteiger partial charge in [-0.2, -0.15) is 0 Å². The molecule has 1 N–H and O–H groups in total. The maximum Gasteiger partial charge on any atom is 0.224 e. The summed E-state index contributed by atoms with van der Waals surface area (Å²) in [4.78, 5) is 10.5. The Bertz CT molecular complexity index is 444. The fourth-order valence-corrected chi connectivity index (χ4v) is 1.69. The summed E-state index contributed by atoms with van der Waals surface area (Å²) in [6, 6.07) is 12.1. The Morgan fingerprint density at radius 1 is 1.06 bits per heavy atom. The van der Waals surface area contributed by atoms with Gasteiger partial charge in [-0.05, 0) is 24.6 Å². The molecule has 1 heterocycles. The van der Waals surface area contributed by atoms with Gasteiger partial charge >= 0.3 is 0 Å². The normalized spacial score (nSPS) is 10.1. The first-order chi connectivity index (χ1) is 8.86. The number of nitrogens with one attached hydrogen (secondary N) is 1. The first kappa shape index (κ1) is 12.4. The van der Waals surface area contributed by atoms with Crippen molar-refractivity contribution in [1.29, 1.82) is 0 Å². The van der Waals surface area contributed by atoms with E-state index in [0.29, 0.717) is 0 Å². The number of rotatable bonds is 6. The first-order valence-corrected chi connectivity index (χ1v) is 6.13. The highest BCUT2D eigenvalue weighted by Gasteiger charge is 2.01. The number of nitrogens with zero attached hydrogens (tertiary/aromatic N) is 3. The van der Waals surface area contributed by atoms with E-state index in [1.54, 1.807) is 12.4 Å². The van der Waals surface area contributed by atoms with Crippen molar-refractivity contribution < 1.29 is 0 Å².